The summed E-state index contributed by atoms with van der Waals surface area (Å²) in [5.41, 5.74) is 2.40. The van der Waals surface area contributed by atoms with E-state index in [1.54, 1.807) is 30.6 Å². The summed E-state index contributed by atoms with van der Waals surface area (Å²) in [5.74, 6) is 0.0231. The van der Waals surface area contributed by atoms with E-state index in [4.69, 9.17) is 0 Å². The number of nitrogens with zero attached hydrogens (tertiary/aromatic N) is 3. The van der Waals surface area contributed by atoms with Gasteiger partial charge in [0.05, 0.1) is 17.5 Å². The summed E-state index contributed by atoms with van der Waals surface area (Å²) in [6.07, 6.45) is 3.57. The molecule has 1 aliphatic heterocycles. The third kappa shape index (κ3) is 2.84. The van der Waals surface area contributed by atoms with E-state index >= 15 is 0 Å². The fourth-order valence-electron chi connectivity index (χ4n) is 3.04. The largest absolute Gasteiger partial charge is 0.512 e. The van der Waals surface area contributed by atoms with Crippen molar-refractivity contribution in [2.45, 2.75) is 19.4 Å². The van der Waals surface area contributed by atoms with E-state index in [0.717, 1.165) is 5.52 Å². The SMILES string of the molecule is O=C(CC1=C(O)CCn2c1nc1cc(F)ccc12)Nc1ccncc1. The number of fused-ring (bicyclic) bond motifs is 3. The first-order valence-corrected chi connectivity index (χ1v) is 7.89. The van der Waals surface area contributed by atoms with Crippen molar-refractivity contribution in [2.24, 2.45) is 0 Å². The van der Waals surface area contributed by atoms with Crippen LogP contribution >= 0.6 is 0 Å². The predicted molar refractivity (Wildman–Crippen MR) is 91.3 cm³/mol. The van der Waals surface area contributed by atoms with Crippen molar-refractivity contribution >= 4 is 28.2 Å². The number of aliphatic hydroxyl groups excluding tert-OH is 1. The minimum Gasteiger partial charge on any atom is -0.512 e. The average molecular weight is 338 g/mol. The highest BCUT2D eigenvalue weighted by atomic mass is 19.1. The highest BCUT2D eigenvalue weighted by Gasteiger charge is 2.24. The first-order chi connectivity index (χ1) is 12.1. The van der Waals surface area contributed by atoms with Crippen LogP contribution in [0.15, 0.2) is 48.5 Å². The zero-order chi connectivity index (χ0) is 17.4. The number of aryl methyl sites for hydroxylation is 1. The summed E-state index contributed by atoms with van der Waals surface area (Å²) in [6, 6.07) is 7.77. The number of hydrogen-bond acceptors (Lipinski definition) is 4. The summed E-state index contributed by atoms with van der Waals surface area (Å²) in [7, 11) is 0. The van der Waals surface area contributed by atoms with E-state index in [1.807, 2.05) is 4.57 Å². The number of rotatable bonds is 3. The minimum atomic E-state index is -0.367. The van der Waals surface area contributed by atoms with Crippen LogP contribution < -0.4 is 5.32 Å². The number of carbonyl (C=O) groups is 1. The molecule has 2 N–H and O–H groups in total. The number of nitrogens with one attached hydrogen (secondary N) is 1. The molecule has 0 fully saturated rings. The third-order valence-electron chi connectivity index (χ3n) is 4.20. The molecule has 3 aromatic rings. The standard InChI is InChI=1S/C18H15FN4O2/c19-11-1-2-15-14(9-11)22-18-13(16(24)5-8-23(15)18)10-17(25)21-12-3-6-20-7-4-12/h1-4,6-7,9,24H,5,8,10H2,(H,20,21,25). The number of allylic oxidation sites excluding steroid dienone is 1. The first-order valence-electron chi connectivity index (χ1n) is 7.89. The van der Waals surface area contributed by atoms with Crippen LogP contribution in [0.1, 0.15) is 18.7 Å². The fourth-order valence-corrected chi connectivity index (χ4v) is 3.04. The van der Waals surface area contributed by atoms with Crippen LogP contribution in [0.5, 0.6) is 0 Å². The number of pyridine rings is 1. The third-order valence-corrected chi connectivity index (χ3v) is 4.20. The van der Waals surface area contributed by atoms with E-state index in [-0.39, 0.29) is 23.9 Å². The summed E-state index contributed by atoms with van der Waals surface area (Å²) in [6.45, 7) is 0.540. The molecule has 1 aliphatic rings. The van der Waals surface area contributed by atoms with Gasteiger partial charge in [-0.15, -0.1) is 0 Å². The number of carbonyl (C=O) groups excluding carboxylic acids is 1. The van der Waals surface area contributed by atoms with Gasteiger partial charge in [0.1, 0.15) is 17.4 Å². The van der Waals surface area contributed by atoms with Gasteiger partial charge in [-0.05, 0) is 24.3 Å². The Bertz CT molecular complexity index is 995. The summed E-state index contributed by atoms with van der Waals surface area (Å²) >= 11 is 0. The number of imidazole rings is 1. The van der Waals surface area contributed by atoms with Crippen LogP contribution in [-0.4, -0.2) is 25.5 Å². The lowest BCUT2D eigenvalue weighted by molar-refractivity contribution is -0.115. The number of benzene rings is 1. The van der Waals surface area contributed by atoms with E-state index in [2.05, 4.69) is 15.3 Å². The molecule has 0 bridgehead atoms. The van der Waals surface area contributed by atoms with Crippen LogP contribution in [0, 0.1) is 5.82 Å². The maximum atomic E-state index is 13.4. The van der Waals surface area contributed by atoms with Crippen LogP contribution in [0.4, 0.5) is 10.1 Å². The number of anilines is 1. The Morgan fingerprint density at radius 2 is 2.08 bits per heavy atom. The van der Waals surface area contributed by atoms with Gasteiger partial charge in [-0.25, -0.2) is 9.37 Å². The number of amides is 1. The molecule has 7 heteroatoms. The second kappa shape index (κ2) is 6.01. The predicted octanol–water partition coefficient (Wildman–Crippen LogP) is 3.27. The number of halogens is 1. The lowest BCUT2D eigenvalue weighted by atomic mass is 10.0. The van der Waals surface area contributed by atoms with Crippen molar-refractivity contribution in [3.05, 3.63) is 60.1 Å². The highest BCUT2D eigenvalue weighted by molar-refractivity contribution is 5.98. The maximum absolute atomic E-state index is 13.4. The minimum absolute atomic E-state index is 0.0139. The van der Waals surface area contributed by atoms with Crippen molar-refractivity contribution < 1.29 is 14.3 Å². The van der Waals surface area contributed by atoms with Gasteiger partial charge in [0.2, 0.25) is 5.91 Å². The van der Waals surface area contributed by atoms with Crippen molar-refractivity contribution in [3.8, 4) is 0 Å². The molecule has 0 saturated heterocycles. The molecule has 0 radical (unpaired) electrons. The molecule has 0 spiro atoms. The second-order valence-electron chi connectivity index (χ2n) is 5.86. The van der Waals surface area contributed by atoms with Gasteiger partial charge >= 0.3 is 0 Å². The summed E-state index contributed by atoms with van der Waals surface area (Å²) in [4.78, 5) is 20.6. The summed E-state index contributed by atoms with van der Waals surface area (Å²) in [5, 5.41) is 13.0. The average Bonchev–Trinajstić information content (AvgIpc) is 2.96. The second-order valence-corrected chi connectivity index (χ2v) is 5.86. The number of hydrogen-bond donors (Lipinski definition) is 2. The van der Waals surface area contributed by atoms with E-state index in [9.17, 15) is 14.3 Å². The van der Waals surface area contributed by atoms with Crippen molar-refractivity contribution in [2.75, 3.05) is 5.32 Å². The Balaban J connectivity index is 1.66. The molecular weight excluding hydrogens is 323 g/mol. The van der Waals surface area contributed by atoms with Crippen LogP contribution in [0.2, 0.25) is 0 Å². The normalized spacial score (nSPS) is 13.8. The summed E-state index contributed by atoms with van der Waals surface area (Å²) < 4.78 is 15.4. The van der Waals surface area contributed by atoms with Gasteiger partial charge < -0.3 is 15.0 Å². The van der Waals surface area contributed by atoms with Crippen LogP contribution in [0.25, 0.3) is 16.6 Å². The quantitative estimate of drug-likeness (QED) is 0.768. The Hall–Kier alpha value is -3.22. The molecule has 2 aromatic heterocycles. The molecule has 1 amide bonds. The molecule has 4 rings (SSSR count). The molecule has 0 atom stereocenters. The van der Waals surface area contributed by atoms with E-state index in [0.29, 0.717) is 35.6 Å². The lowest BCUT2D eigenvalue weighted by Crippen LogP contribution is -2.18. The van der Waals surface area contributed by atoms with Crippen LogP contribution in [-0.2, 0) is 11.3 Å². The van der Waals surface area contributed by atoms with Gasteiger partial charge in [0, 0.05) is 42.7 Å². The Morgan fingerprint density at radius 3 is 2.88 bits per heavy atom. The Kier molecular flexibility index (Phi) is 3.68. The molecule has 25 heavy (non-hydrogen) atoms. The molecule has 0 saturated carbocycles. The van der Waals surface area contributed by atoms with Crippen LogP contribution in [0.3, 0.4) is 0 Å². The maximum Gasteiger partial charge on any atom is 0.229 e. The highest BCUT2D eigenvalue weighted by Crippen LogP contribution is 2.31. The number of aliphatic hydroxyl groups is 1. The van der Waals surface area contributed by atoms with E-state index < -0.39 is 0 Å². The Labute approximate surface area is 142 Å². The fraction of sp³-hybridized carbons (Fsp3) is 0.167. The molecular formula is C18H15FN4O2. The first kappa shape index (κ1) is 15.3. The lowest BCUT2D eigenvalue weighted by Gasteiger charge is -2.19. The molecule has 6 nitrogen and oxygen atoms in total. The van der Waals surface area contributed by atoms with Crippen molar-refractivity contribution in [1.82, 2.24) is 14.5 Å². The topological polar surface area (TPSA) is 80.0 Å². The zero-order valence-electron chi connectivity index (χ0n) is 13.2. The van der Waals surface area contributed by atoms with Crippen molar-refractivity contribution in [3.63, 3.8) is 0 Å². The van der Waals surface area contributed by atoms with Crippen molar-refractivity contribution in [1.29, 1.82) is 0 Å². The molecule has 1 aromatic carbocycles. The molecule has 126 valence electrons. The van der Waals surface area contributed by atoms with E-state index in [1.165, 1.54) is 12.1 Å². The monoisotopic (exact) mass is 338 g/mol. The van der Waals surface area contributed by atoms with Gasteiger partial charge in [-0.3, -0.25) is 9.78 Å². The molecule has 0 aliphatic carbocycles. The van der Waals surface area contributed by atoms with Gasteiger partial charge in [0.25, 0.3) is 0 Å². The molecule has 3 heterocycles. The van der Waals surface area contributed by atoms with Gasteiger partial charge in [-0.2, -0.15) is 0 Å². The number of aromatic nitrogens is 3. The van der Waals surface area contributed by atoms with Gasteiger partial charge in [0.15, 0.2) is 0 Å². The molecule has 0 unspecified atom stereocenters. The Morgan fingerprint density at radius 1 is 1.28 bits per heavy atom. The smallest absolute Gasteiger partial charge is 0.229 e. The zero-order valence-corrected chi connectivity index (χ0v) is 13.2. The van der Waals surface area contributed by atoms with Gasteiger partial charge in [-0.1, -0.05) is 0 Å².